The second-order valence-electron chi connectivity index (χ2n) is 7.15. The van der Waals surface area contributed by atoms with Crippen LogP contribution in [0.5, 0.6) is 11.5 Å². The lowest BCUT2D eigenvalue weighted by Crippen LogP contribution is -2.25. The van der Waals surface area contributed by atoms with Crippen molar-refractivity contribution >= 4 is 44.0 Å². The number of phenolic OH excluding ortho intramolecular Hbond substituents is 2. The number of hydrazone groups is 1. The first kappa shape index (κ1) is 20.6. The molecule has 7 heteroatoms. The van der Waals surface area contributed by atoms with E-state index in [2.05, 4.69) is 42.4 Å². The third kappa shape index (κ3) is 3.63. The Bertz CT molecular complexity index is 1080. The molecule has 3 N–H and O–H groups in total. The van der Waals surface area contributed by atoms with Crippen molar-refractivity contribution in [1.29, 1.82) is 0 Å². The summed E-state index contributed by atoms with van der Waals surface area (Å²) in [6.07, 6.45) is 2.04. The van der Waals surface area contributed by atoms with Crippen LogP contribution >= 0.6 is 31.9 Å². The second-order valence-corrected chi connectivity index (χ2v) is 8.80. The summed E-state index contributed by atoms with van der Waals surface area (Å²) < 4.78 is 0.549. The Morgan fingerprint density at radius 2 is 1.57 bits per heavy atom. The van der Waals surface area contributed by atoms with Crippen molar-refractivity contribution < 1.29 is 15.0 Å². The van der Waals surface area contributed by atoms with Gasteiger partial charge >= 0.3 is 0 Å². The lowest BCUT2D eigenvalue weighted by atomic mass is 9.85. The number of amides is 1. The van der Waals surface area contributed by atoms with Crippen LogP contribution in [0.2, 0.25) is 0 Å². The number of benzene rings is 3. The lowest BCUT2D eigenvalue weighted by molar-refractivity contribution is -0.122. The van der Waals surface area contributed by atoms with Crippen molar-refractivity contribution in [3.8, 4) is 11.5 Å². The summed E-state index contributed by atoms with van der Waals surface area (Å²) in [7, 11) is 0. The van der Waals surface area contributed by atoms with Crippen LogP contribution in [-0.4, -0.2) is 22.3 Å². The number of nitrogens with one attached hydrogen (secondary N) is 1. The van der Waals surface area contributed by atoms with Crippen molar-refractivity contribution in [2.45, 2.75) is 11.8 Å². The number of aromatic hydroxyl groups is 2. The molecule has 0 spiro atoms. The van der Waals surface area contributed by atoms with E-state index in [1.54, 1.807) is 0 Å². The molecule has 1 aliphatic rings. The van der Waals surface area contributed by atoms with Gasteiger partial charge in [0.05, 0.1) is 16.6 Å². The minimum Gasteiger partial charge on any atom is -0.506 e. The van der Waals surface area contributed by atoms with Crippen LogP contribution in [0.25, 0.3) is 0 Å². The zero-order valence-electron chi connectivity index (χ0n) is 15.7. The number of hydrogen-bond acceptors (Lipinski definition) is 4. The van der Waals surface area contributed by atoms with E-state index >= 15 is 0 Å². The quantitative estimate of drug-likeness (QED) is 0.318. The zero-order valence-corrected chi connectivity index (χ0v) is 18.9. The zero-order chi connectivity index (χ0) is 21.3. The van der Waals surface area contributed by atoms with Gasteiger partial charge in [0.25, 0.3) is 0 Å². The molecule has 30 heavy (non-hydrogen) atoms. The van der Waals surface area contributed by atoms with E-state index in [1.165, 1.54) is 12.3 Å². The fourth-order valence-corrected chi connectivity index (χ4v) is 4.97. The SMILES string of the molecule is O=C(NN=Cc1cc(Br)c(O)c(Br)c1O)[C@H]1CC1(c1ccccc1)c1ccccc1. The summed E-state index contributed by atoms with van der Waals surface area (Å²) in [6, 6.07) is 21.6. The minimum atomic E-state index is -0.366. The van der Waals surface area contributed by atoms with Gasteiger partial charge in [-0.25, -0.2) is 5.43 Å². The molecule has 1 fully saturated rings. The largest absolute Gasteiger partial charge is 0.506 e. The van der Waals surface area contributed by atoms with Gasteiger partial charge in [-0.15, -0.1) is 0 Å². The van der Waals surface area contributed by atoms with Gasteiger partial charge in [0, 0.05) is 11.0 Å². The smallest absolute Gasteiger partial charge is 0.244 e. The van der Waals surface area contributed by atoms with Gasteiger partial charge in [0.1, 0.15) is 16.0 Å². The minimum absolute atomic E-state index is 0.109. The summed E-state index contributed by atoms with van der Waals surface area (Å²) >= 11 is 6.33. The molecule has 0 aromatic heterocycles. The Labute approximate surface area is 190 Å². The lowest BCUT2D eigenvalue weighted by Gasteiger charge is -2.18. The molecule has 0 radical (unpaired) electrons. The van der Waals surface area contributed by atoms with Crippen LogP contribution in [0.3, 0.4) is 0 Å². The number of rotatable bonds is 5. The highest BCUT2D eigenvalue weighted by molar-refractivity contribution is 9.11. The normalized spacial score (nSPS) is 17.1. The first-order valence-corrected chi connectivity index (χ1v) is 10.9. The number of nitrogens with zero attached hydrogens (tertiary/aromatic N) is 1. The third-order valence-electron chi connectivity index (χ3n) is 5.43. The summed E-state index contributed by atoms with van der Waals surface area (Å²) in [5.41, 5.74) is 4.78. The Morgan fingerprint density at radius 3 is 2.13 bits per heavy atom. The number of halogens is 2. The molecular weight excluding hydrogens is 512 g/mol. The van der Waals surface area contributed by atoms with Crippen LogP contribution in [0.4, 0.5) is 0 Å². The Hall–Kier alpha value is -2.64. The van der Waals surface area contributed by atoms with Crippen LogP contribution in [-0.2, 0) is 10.2 Å². The molecule has 3 aromatic carbocycles. The third-order valence-corrected chi connectivity index (χ3v) is 6.79. The predicted octanol–water partition coefficient (Wildman–Crippen LogP) is 5.08. The van der Waals surface area contributed by atoms with Crippen molar-refractivity contribution in [1.82, 2.24) is 5.43 Å². The molecule has 1 saturated carbocycles. The van der Waals surface area contributed by atoms with E-state index in [9.17, 15) is 15.0 Å². The summed E-state index contributed by atoms with van der Waals surface area (Å²) in [6.45, 7) is 0. The first-order chi connectivity index (χ1) is 14.4. The van der Waals surface area contributed by atoms with Crippen molar-refractivity contribution in [3.05, 3.63) is 92.4 Å². The van der Waals surface area contributed by atoms with Gasteiger partial charge in [-0.1, -0.05) is 60.7 Å². The number of phenols is 2. The highest BCUT2D eigenvalue weighted by Gasteiger charge is 2.60. The number of carbonyl (C=O) groups is 1. The van der Waals surface area contributed by atoms with Crippen LogP contribution in [0.1, 0.15) is 23.1 Å². The van der Waals surface area contributed by atoms with Crippen molar-refractivity contribution in [2.75, 3.05) is 0 Å². The molecule has 5 nitrogen and oxygen atoms in total. The first-order valence-electron chi connectivity index (χ1n) is 9.29. The second kappa shape index (κ2) is 8.24. The Balaban J connectivity index is 1.55. The van der Waals surface area contributed by atoms with E-state index in [-0.39, 0.29) is 33.2 Å². The number of hydrogen-bond donors (Lipinski definition) is 3. The highest BCUT2D eigenvalue weighted by atomic mass is 79.9. The molecule has 152 valence electrons. The topological polar surface area (TPSA) is 81.9 Å². The summed E-state index contributed by atoms with van der Waals surface area (Å²) in [5, 5.41) is 24.0. The van der Waals surface area contributed by atoms with E-state index < -0.39 is 0 Å². The average molecular weight is 530 g/mol. The predicted molar refractivity (Wildman–Crippen MR) is 123 cm³/mol. The van der Waals surface area contributed by atoms with E-state index in [0.29, 0.717) is 16.5 Å². The van der Waals surface area contributed by atoms with Gasteiger partial charge < -0.3 is 10.2 Å². The Kier molecular flexibility index (Phi) is 5.66. The molecule has 3 aromatic rings. The molecule has 0 unspecified atom stereocenters. The van der Waals surface area contributed by atoms with Gasteiger partial charge in [-0.05, 0) is 55.5 Å². The van der Waals surface area contributed by atoms with Crippen LogP contribution in [0.15, 0.2) is 80.8 Å². The summed E-state index contributed by atoms with van der Waals surface area (Å²) in [4.78, 5) is 12.9. The molecule has 0 heterocycles. The van der Waals surface area contributed by atoms with E-state index in [4.69, 9.17) is 0 Å². The van der Waals surface area contributed by atoms with Crippen molar-refractivity contribution in [3.63, 3.8) is 0 Å². The van der Waals surface area contributed by atoms with E-state index in [1.807, 2.05) is 60.7 Å². The van der Waals surface area contributed by atoms with Crippen molar-refractivity contribution in [2.24, 2.45) is 11.0 Å². The maximum Gasteiger partial charge on any atom is 0.244 e. The molecule has 1 atom stereocenters. The highest BCUT2D eigenvalue weighted by Crippen LogP contribution is 2.58. The molecule has 1 aliphatic carbocycles. The standard InChI is InChI=1S/C23H18Br2N2O3/c24-18-11-14(20(28)19(25)21(18)29)13-26-27-22(30)17-12-23(17,15-7-3-1-4-8-15)16-9-5-2-6-10-16/h1-11,13,17,28-29H,12H2,(H,27,30)/t17-/m1/s1. The van der Waals surface area contributed by atoms with Crippen LogP contribution < -0.4 is 5.43 Å². The maximum atomic E-state index is 12.9. The maximum absolute atomic E-state index is 12.9. The van der Waals surface area contributed by atoms with Gasteiger partial charge in [-0.2, -0.15) is 5.10 Å². The fourth-order valence-electron chi connectivity index (χ4n) is 3.81. The van der Waals surface area contributed by atoms with Gasteiger partial charge in [-0.3, -0.25) is 4.79 Å². The summed E-state index contributed by atoms with van der Waals surface area (Å²) in [5.74, 6) is -0.702. The number of carbonyl (C=O) groups excluding carboxylic acids is 1. The molecule has 0 saturated heterocycles. The molecule has 1 amide bonds. The fraction of sp³-hybridized carbons (Fsp3) is 0.130. The van der Waals surface area contributed by atoms with Crippen LogP contribution in [0, 0.1) is 5.92 Å². The Morgan fingerprint density at radius 1 is 1.00 bits per heavy atom. The van der Waals surface area contributed by atoms with E-state index in [0.717, 1.165) is 11.1 Å². The average Bonchev–Trinajstić information content (AvgIpc) is 3.54. The monoisotopic (exact) mass is 528 g/mol. The molecule has 0 aliphatic heterocycles. The van der Waals surface area contributed by atoms with Gasteiger partial charge in [0.15, 0.2) is 0 Å². The molecule has 0 bridgehead atoms. The molecular formula is C23H18Br2N2O3. The van der Waals surface area contributed by atoms with Gasteiger partial charge in [0.2, 0.25) is 5.91 Å². The molecule has 4 rings (SSSR count).